The van der Waals surface area contributed by atoms with Crippen LogP contribution in [0.4, 0.5) is 11.4 Å². The number of methoxy groups -OCH3 is 2. The van der Waals surface area contributed by atoms with Gasteiger partial charge in [0.15, 0.2) is 4.80 Å². The molecule has 1 amide bonds. The van der Waals surface area contributed by atoms with Gasteiger partial charge in [-0.1, -0.05) is 11.3 Å². The van der Waals surface area contributed by atoms with Gasteiger partial charge >= 0.3 is 0 Å². The average Bonchev–Trinajstić information content (AvgIpc) is 3.31. The summed E-state index contributed by atoms with van der Waals surface area (Å²) in [6.07, 6.45) is 1.68. The molecule has 0 aliphatic carbocycles. The Morgan fingerprint density at radius 2 is 1.77 bits per heavy atom. The van der Waals surface area contributed by atoms with E-state index in [1.54, 1.807) is 49.3 Å². The van der Waals surface area contributed by atoms with Crippen LogP contribution in [0, 0.1) is 10.1 Å². The van der Waals surface area contributed by atoms with E-state index >= 15 is 0 Å². The number of amides is 1. The van der Waals surface area contributed by atoms with Gasteiger partial charge in [0.1, 0.15) is 17.5 Å². The Kier molecular flexibility index (Phi) is 9.70. The summed E-state index contributed by atoms with van der Waals surface area (Å²) in [5.41, 5.74) is 2.34. The van der Waals surface area contributed by atoms with Gasteiger partial charge in [-0.2, -0.15) is 0 Å². The molecule has 43 heavy (non-hydrogen) atoms. The molecule has 11 nitrogen and oxygen atoms in total. The molecule has 228 valence electrons. The predicted molar refractivity (Wildman–Crippen MR) is 168 cm³/mol. The van der Waals surface area contributed by atoms with Crippen molar-refractivity contribution >= 4 is 34.7 Å². The van der Waals surface area contributed by atoms with Crippen LogP contribution < -0.4 is 29.3 Å². The maximum Gasteiger partial charge on any atom is 0.271 e. The molecule has 4 rings (SSSR count). The Morgan fingerprint density at radius 1 is 1.07 bits per heavy atom. The number of allylic oxidation sites excluding steroid dienone is 1. The third kappa shape index (κ3) is 5.92. The first kappa shape index (κ1) is 31.5. The van der Waals surface area contributed by atoms with Gasteiger partial charge in [-0.25, -0.2) is 4.99 Å². The zero-order valence-corrected chi connectivity index (χ0v) is 26.4. The summed E-state index contributed by atoms with van der Waals surface area (Å²) in [5.74, 6) is 0.808. The number of benzene rings is 2. The zero-order chi connectivity index (χ0) is 31.4. The minimum Gasteiger partial charge on any atom is -0.497 e. The fourth-order valence-corrected chi connectivity index (χ4v) is 6.43. The lowest BCUT2D eigenvalue weighted by Gasteiger charge is -2.30. The van der Waals surface area contributed by atoms with Crippen LogP contribution in [0.2, 0.25) is 0 Å². The van der Waals surface area contributed by atoms with Crippen LogP contribution in [-0.2, 0) is 4.79 Å². The number of fused-ring (bicyclic) bond motifs is 1. The van der Waals surface area contributed by atoms with E-state index in [0.29, 0.717) is 69.4 Å². The number of aromatic nitrogens is 1. The average molecular weight is 608 g/mol. The van der Waals surface area contributed by atoms with Gasteiger partial charge in [0.2, 0.25) is 0 Å². The molecule has 0 saturated carbocycles. The molecule has 0 spiro atoms. The number of thiazole rings is 1. The second kappa shape index (κ2) is 13.2. The number of likely N-dealkylation sites (N-methyl/N-ethyl adjacent to an activating group) is 1. The number of ether oxygens (including phenoxy) is 2. The van der Waals surface area contributed by atoms with Crippen molar-refractivity contribution in [3.8, 4) is 11.5 Å². The summed E-state index contributed by atoms with van der Waals surface area (Å²) in [5, 5.41) is 11.6. The highest BCUT2D eigenvalue weighted by atomic mass is 32.1. The molecule has 0 unspecified atom stereocenters. The predicted octanol–water partition coefficient (Wildman–Crippen LogP) is 3.88. The zero-order valence-electron chi connectivity index (χ0n) is 25.5. The van der Waals surface area contributed by atoms with Crippen molar-refractivity contribution in [3.05, 3.63) is 88.6 Å². The topological polar surface area (TPSA) is 120 Å². The minimum absolute atomic E-state index is 0.0723. The molecular weight excluding hydrogens is 570 g/mol. The number of rotatable bonds is 11. The van der Waals surface area contributed by atoms with Crippen molar-refractivity contribution in [2.75, 3.05) is 45.3 Å². The SMILES string of the molecule is CCN(CC)C(=O)C1=C(C)N=c2s/c(=C\c3cc([N+](=O)[O-])ccc3N(CC)CC)c(=O)n2[C@@H]1c1cc(OC)ccc1OC. The maximum absolute atomic E-state index is 14.3. The van der Waals surface area contributed by atoms with Crippen molar-refractivity contribution < 1.29 is 19.2 Å². The van der Waals surface area contributed by atoms with Crippen LogP contribution in [0.25, 0.3) is 6.08 Å². The van der Waals surface area contributed by atoms with Crippen LogP contribution in [-0.4, -0.2) is 60.7 Å². The molecule has 0 bridgehead atoms. The van der Waals surface area contributed by atoms with E-state index in [1.165, 1.54) is 35.1 Å². The fraction of sp³-hybridized carbons (Fsp3) is 0.387. The van der Waals surface area contributed by atoms with Crippen molar-refractivity contribution in [1.82, 2.24) is 9.47 Å². The van der Waals surface area contributed by atoms with Crippen LogP contribution in [0.1, 0.15) is 51.8 Å². The number of carbonyl (C=O) groups excluding carboxylic acids is 1. The number of carbonyl (C=O) groups is 1. The number of anilines is 1. The van der Waals surface area contributed by atoms with Gasteiger partial charge in [-0.15, -0.1) is 0 Å². The fourth-order valence-electron chi connectivity index (χ4n) is 5.39. The molecule has 0 N–H and O–H groups in total. The number of non-ortho nitro benzene ring substituents is 1. The van der Waals surface area contributed by atoms with Crippen molar-refractivity contribution in [3.63, 3.8) is 0 Å². The smallest absolute Gasteiger partial charge is 0.271 e. The first-order chi connectivity index (χ1) is 20.6. The van der Waals surface area contributed by atoms with Gasteiger partial charge in [0, 0.05) is 55.1 Å². The number of hydrogen-bond acceptors (Lipinski definition) is 9. The van der Waals surface area contributed by atoms with Crippen molar-refractivity contribution in [2.45, 2.75) is 40.7 Å². The summed E-state index contributed by atoms with van der Waals surface area (Å²) in [4.78, 5) is 48.4. The molecule has 0 saturated heterocycles. The summed E-state index contributed by atoms with van der Waals surface area (Å²) < 4.78 is 13.1. The van der Waals surface area contributed by atoms with E-state index in [0.717, 1.165) is 5.69 Å². The largest absolute Gasteiger partial charge is 0.497 e. The van der Waals surface area contributed by atoms with Crippen molar-refractivity contribution in [2.24, 2.45) is 4.99 Å². The van der Waals surface area contributed by atoms with E-state index in [9.17, 15) is 19.7 Å². The third-order valence-corrected chi connectivity index (χ3v) is 8.63. The van der Waals surface area contributed by atoms with Crippen LogP contribution in [0.5, 0.6) is 11.5 Å². The monoisotopic (exact) mass is 607 g/mol. The first-order valence-electron chi connectivity index (χ1n) is 14.2. The summed E-state index contributed by atoms with van der Waals surface area (Å²) in [6.45, 7) is 11.9. The van der Waals surface area contributed by atoms with Gasteiger partial charge in [0.25, 0.3) is 17.2 Å². The molecule has 1 aromatic heterocycles. The Bertz CT molecular complexity index is 1750. The Morgan fingerprint density at radius 3 is 2.35 bits per heavy atom. The lowest BCUT2D eigenvalue weighted by Crippen LogP contribution is -2.43. The second-order valence-corrected chi connectivity index (χ2v) is 10.8. The molecule has 2 heterocycles. The number of nitrogens with zero attached hydrogens (tertiary/aromatic N) is 5. The molecular formula is C31H37N5O6S. The molecule has 2 aromatic carbocycles. The number of nitro groups is 1. The normalized spacial score (nSPS) is 14.7. The summed E-state index contributed by atoms with van der Waals surface area (Å²) in [7, 11) is 3.08. The lowest BCUT2D eigenvalue weighted by molar-refractivity contribution is -0.384. The van der Waals surface area contributed by atoms with Crippen LogP contribution in [0.15, 0.2) is 57.5 Å². The van der Waals surface area contributed by atoms with E-state index in [-0.39, 0.29) is 17.2 Å². The highest BCUT2D eigenvalue weighted by Gasteiger charge is 2.36. The standard InChI is InChI=1S/C31H37N5O6S/c1-8-33(9-2)24-14-12-21(36(39)40)16-20(24)17-26-29(37)35-28(23-18-22(41-6)13-15-25(23)42-7)27(19(5)32-31(35)43-26)30(38)34(10-3)11-4/h12-18,28H,8-11H2,1-7H3/b26-17-/t28-/m1/s1. The molecule has 1 atom stereocenters. The summed E-state index contributed by atoms with van der Waals surface area (Å²) >= 11 is 1.17. The molecule has 12 heteroatoms. The van der Waals surface area contributed by atoms with Gasteiger partial charge in [-0.3, -0.25) is 24.3 Å². The maximum atomic E-state index is 14.3. The number of nitro benzene ring substituents is 1. The van der Waals surface area contributed by atoms with Crippen LogP contribution in [0.3, 0.4) is 0 Å². The van der Waals surface area contributed by atoms with E-state index in [4.69, 9.17) is 14.5 Å². The summed E-state index contributed by atoms with van der Waals surface area (Å²) in [6, 6.07) is 9.09. The Labute approximate surface area is 254 Å². The van der Waals surface area contributed by atoms with Crippen molar-refractivity contribution in [1.29, 1.82) is 0 Å². The minimum atomic E-state index is -0.844. The van der Waals surface area contributed by atoms with Gasteiger partial charge < -0.3 is 19.3 Å². The van der Waals surface area contributed by atoms with Gasteiger partial charge in [0.05, 0.1) is 34.9 Å². The lowest BCUT2D eigenvalue weighted by atomic mass is 9.93. The Balaban J connectivity index is 2.06. The van der Waals surface area contributed by atoms with E-state index in [1.807, 2.05) is 27.7 Å². The van der Waals surface area contributed by atoms with E-state index < -0.39 is 11.0 Å². The number of hydrogen-bond donors (Lipinski definition) is 0. The molecule has 1 aliphatic rings. The molecule has 0 radical (unpaired) electrons. The van der Waals surface area contributed by atoms with Crippen LogP contribution >= 0.6 is 11.3 Å². The first-order valence-corrected chi connectivity index (χ1v) is 15.0. The van der Waals surface area contributed by atoms with E-state index in [2.05, 4.69) is 4.90 Å². The Hall–Kier alpha value is -4.45. The third-order valence-electron chi connectivity index (χ3n) is 7.65. The highest BCUT2D eigenvalue weighted by Crippen LogP contribution is 2.38. The quantitative estimate of drug-likeness (QED) is 0.240. The second-order valence-electron chi connectivity index (χ2n) is 9.84. The van der Waals surface area contributed by atoms with Gasteiger partial charge in [-0.05, 0) is 65.0 Å². The molecule has 3 aromatic rings. The molecule has 1 aliphatic heterocycles. The molecule has 0 fully saturated rings. The highest BCUT2D eigenvalue weighted by molar-refractivity contribution is 7.07.